The van der Waals surface area contributed by atoms with Crippen molar-refractivity contribution in [1.29, 1.82) is 0 Å². The monoisotopic (exact) mass is 154 g/mol. The summed E-state index contributed by atoms with van der Waals surface area (Å²) in [6.07, 6.45) is 1.89. The topological polar surface area (TPSA) is 24.4 Å². The molecule has 0 aliphatic carbocycles. The summed E-state index contributed by atoms with van der Waals surface area (Å²) in [6, 6.07) is 0.405. The molecule has 1 N–H and O–H groups in total. The summed E-state index contributed by atoms with van der Waals surface area (Å²) in [5.41, 5.74) is 4.08. The van der Waals surface area contributed by atoms with Crippen LogP contribution < -0.4 is 5.43 Å². The second-order valence-corrected chi connectivity index (χ2v) is 3.06. The minimum atomic E-state index is 0.362. The lowest BCUT2D eigenvalue weighted by Crippen LogP contribution is -2.19. The van der Waals surface area contributed by atoms with Gasteiger partial charge in [0.2, 0.25) is 0 Å². The van der Waals surface area contributed by atoms with Crippen LogP contribution in [0.3, 0.4) is 0 Å². The first-order chi connectivity index (χ1) is 5.07. The highest BCUT2D eigenvalue weighted by atomic mass is 15.3. The predicted octanol–water partition coefficient (Wildman–Crippen LogP) is 2.18. The zero-order valence-corrected chi connectivity index (χ0v) is 7.89. The fourth-order valence-corrected chi connectivity index (χ4v) is 0.503. The minimum absolute atomic E-state index is 0.362. The molecule has 0 heterocycles. The van der Waals surface area contributed by atoms with Crippen molar-refractivity contribution in [3.05, 3.63) is 12.7 Å². The average Bonchev–Trinajstić information content (AvgIpc) is 1.98. The van der Waals surface area contributed by atoms with Gasteiger partial charge in [0.05, 0.1) is 0 Å². The molecule has 11 heavy (non-hydrogen) atoms. The van der Waals surface area contributed by atoms with Gasteiger partial charge in [-0.3, -0.25) is 0 Å². The molecule has 0 aromatic heterocycles. The fraction of sp³-hybridized carbons (Fsp3) is 0.667. The van der Waals surface area contributed by atoms with E-state index in [1.165, 1.54) is 0 Å². The Hall–Kier alpha value is -0.790. The largest absolute Gasteiger partial charge is 0.308 e. The van der Waals surface area contributed by atoms with Crippen LogP contribution in [0.25, 0.3) is 0 Å². The maximum Gasteiger partial charge on any atom is 0.0413 e. The van der Waals surface area contributed by atoms with Gasteiger partial charge >= 0.3 is 0 Å². The van der Waals surface area contributed by atoms with E-state index < -0.39 is 0 Å². The van der Waals surface area contributed by atoms with E-state index in [4.69, 9.17) is 0 Å². The van der Waals surface area contributed by atoms with Crippen molar-refractivity contribution in [2.45, 2.75) is 33.7 Å². The summed E-state index contributed by atoms with van der Waals surface area (Å²) in [7, 11) is 0. The summed E-state index contributed by atoms with van der Waals surface area (Å²) >= 11 is 0. The summed E-state index contributed by atoms with van der Waals surface area (Å²) in [6.45, 7) is 11.9. The molecule has 1 atom stereocenters. The Kier molecular flexibility index (Phi) is 4.59. The summed E-state index contributed by atoms with van der Waals surface area (Å²) in [4.78, 5) is 0. The highest BCUT2D eigenvalue weighted by Crippen LogP contribution is 1.98. The normalized spacial score (nSPS) is 14.8. The van der Waals surface area contributed by atoms with Gasteiger partial charge in [0.15, 0.2) is 0 Å². The smallest absolute Gasteiger partial charge is 0.0413 e. The maximum atomic E-state index is 4.19. The number of hydrazone groups is 1. The molecule has 0 spiro atoms. The van der Waals surface area contributed by atoms with Crippen LogP contribution in [0.2, 0.25) is 0 Å². The predicted molar refractivity (Wildman–Crippen MR) is 50.7 cm³/mol. The van der Waals surface area contributed by atoms with Crippen LogP contribution in [-0.2, 0) is 0 Å². The lowest BCUT2D eigenvalue weighted by atomic mass is 10.1. The molecule has 64 valence electrons. The number of allylic oxidation sites excluding steroid dienone is 1. The van der Waals surface area contributed by atoms with Crippen LogP contribution >= 0.6 is 0 Å². The van der Waals surface area contributed by atoms with Gasteiger partial charge in [-0.25, -0.2) is 0 Å². The van der Waals surface area contributed by atoms with Crippen molar-refractivity contribution in [2.24, 2.45) is 11.0 Å². The quantitative estimate of drug-likeness (QED) is 0.374. The molecular formula is C9H18N2. The Labute approximate surface area is 69.4 Å². The fourth-order valence-electron chi connectivity index (χ4n) is 0.503. The van der Waals surface area contributed by atoms with E-state index in [2.05, 4.69) is 37.9 Å². The van der Waals surface area contributed by atoms with Crippen molar-refractivity contribution in [2.75, 3.05) is 0 Å². The standard InChI is InChI=1S/C9H18N2/c1-6-8(4)9(5)11-10-7(2)3/h6-8,10H,1H2,2-5H3. The molecule has 1 unspecified atom stereocenters. The van der Waals surface area contributed by atoms with Gasteiger partial charge in [-0.2, -0.15) is 5.10 Å². The second-order valence-electron chi connectivity index (χ2n) is 3.06. The molecule has 0 aliphatic rings. The van der Waals surface area contributed by atoms with Crippen LogP contribution in [0.1, 0.15) is 27.7 Å². The first-order valence-corrected chi connectivity index (χ1v) is 4.00. The van der Waals surface area contributed by atoms with Gasteiger partial charge in [0.25, 0.3) is 0 Å². The van der Waals surface area contributed by atoms with Crippen molar-refractivity contribution >= 4 is 5.71 Å². The molecule has 0 bridgehead atoms. The van der Waals surface area contributed by atoms with E-state index in [9.17, 15) is 0 Å². The molecule has 0 amide bonds. The van der Waals surface area contributed by atoms with Crippen molar-refractivity contribution < 1.29 is 0 Å². The first kappa shape index (κ1) is 10.2. The van der Waals surface area contributed by atoms with Gasteiger partial charge in [-0.15, -0.1) is 6.58 Å². The Balaban J connectivity index is 3.89. The zero-order valence-electron chi connectivity index (χ0n) is 7.89. The second kappa shape index (κ2) is 4.94. The number of nitrogens with zero attached hydrogens (tertiary/aromatic N) is 1. The molecule has 0 aromatic carbocycles. The van der Waals surface area contributed by atoms with Crippen LogP contribution in [0.5, 0.6) is 0 Å². The van der Waals surface area contributed by atoms with E-state index in [-0.39, 0.29) is 0 Å². The van der Waals surface area contributed by atoms with Crippen molar-refractivity contribution in [3.63, 3.8) is 0 Å². The van der Waals surface area contributed by atoms with E-state index in [1.54, 1.807) is 0 Å². The van der Waals surface area contributed by atoms with Crippen molar-refractivity contribution in [3.8, 4) is 0 Å². The number of rotatable bonds is 4. The van der Waals surface area contributed by atoms with Crippen LogP contribution in [0, 0.1) is 5.92 Å². The zero-order chi connectivity index (χ0) is 8.85. The van der Waals surface area contributed by atoms with Gasteiger partial charge in [0, 0.05) is 17.7 Å². The lowest BCUT2D eigenvalue weighted by molar-refractivity contribution is 0.616. The molecular weight excluding hydrogens is 136 g/mol. The third-order valence-electron chi connectivity index (χ3n) is 1.51. The SMILES string of the molecule is C=CC(C)C(C)=NNC(C)C. The third-order valence-corrected chi connectivity index (χ3v) is 1.51. The van der Waals surface area contributed by atoms with Crippen LogP contribution in [0.4, 0.5) is 0 Å². The number of hydrogen-bond donors (Lipinski definition) is 1. The van der Waals surface area contributed by atoms with Gasteiger partial charge in [-0.05, 0) is 20.8 Å². The highest BCUT2D eigenvalue weighted by Gasteiger charge is 1.99. The summed E-state index contributed by atoms with van der Waals surface area (Å²) in [5.74, 6) is 0.362. The van der Waals surface area contributed by atoms with E-state index in [1.807, 2.05) is 13.0 Å². The van der Waals surface area contributed by atoms with Gasteiger partial charge in [0.1, 0.15) is 0 Å². The molecule has 0 aliphatic heterocycles. The molecule has 0 saturated heterocycles. The Morgan fingerprint density at radius 3 is 2.36 bits per heavy atom. The third kappa shape index (κ3) is 4.59. The summed E-state index contributed by atoms with van der Waals surface area (Å²) < 4.78 is 0. The van der Waals surface area contributed by atoms with E-state index in [0.29, 0.717) is 12.0 Å². The summed E-state index contributed by atoms with van der Waals surface area (Å²) in [5, 5.41) is 4.19. The van der Waals surface area contributed by atoms with Gasteiger partial charge < -0.3 is 5.43 Å². The molecule has 0 radical (unpaired) electrons. The Bertz CT molecular complexity index is 148. The van der Waals surface area contributed by atoms with Gasteiger partial charge in [-0.1, -0.05) is 13.0 Å². The molecule has 0 rings (SSSR count). The molecule has 0 saturated carbocycles. The average molecular weight is 154 g/mol. The van der Waals surface area contributed by atoms with Crippen molar-refractivity contribution in [1.82, 2.24) is 5.43 Å². The Morgan fingerprint density at radius 2 is 2.00 bits per heavy atom. The van der Waals surface area contributed by atoms with E-state index in [0.717, 1.165) is 5.71 Å². The molecule has 0 fully saturated rings. The molecule has 2 heteroatoms. The van der Waals surface area contributed by atoms with Crippen LogP contribution in [0.15, 0.2) is 17.8 Å². The molecule has 2 nitrogen and oxygen atoms in total. The number of nitrogens with one attached hydrogen (secondary N) is 1. The lowest BCUT2D eigenvalue weighted by Gasteiger charge is -2.08. The minimum Gasteiger partial charge on any atom is -0.308 e. The highest BCUT2D eigenvalue weighted by molar-refractivity contribution is 5.85. The number of hydrogen-bond acceptors (Lipinski definition) is 2. The molecule has 0 aromatic rings. The van der Waals surface area contributed by atoms with Crippen LogP contribution in [-0.4, -0.2) is 11.8 Å². The van der Waals surface area contributed by atoms with E-state index >= 15 is 0 Å². The first-order valence-electron chi connectivity index (χ1n) is 4.00. The maximum absolute atomic E-state index is 4.19. The Morgan fingerprint density at radius 1 is 1.45 bits per heavy atom.